The summed E-state index contributed by atoms with van der Waals surface area (Å²) in [4.78, 5) is 40.9. The predicted octanol–water partition coefficient (Wildman–Crippen LogP) is 3.95. The van der Waals surface area contributed by atoms with Gasteiger partial charge in [-0.15, -0.1) is 0 Å². The highest BCUT2D eigenvalue weighted by Gasteiger charge is 2.37. The Hall–Kier alpha value is -2.55. The van der Waals surface area contributed by atoms with Crippen LogP contribution in [-0.2, 0) is 14.3 Å². The zero-order valence-corrected chi connectivity index (χ0v) is 19.8. The van der Waals surface area contributed by atoms with Gasteiger partial charge in [-0.1, -0.05) is 17.7 Å². The van der Waals surface area contributed by atoms with Gasteiger partial charge in [-0.3, -0.25) is 19.3 Å². The van der Waals surface area contributed by atoms with Crippen molar-refractivity contribution in [2.45, 2.75) is 20.8 Å². The van der Waals surface area contributed by atoms with Crippen LogP contribution >= 0.6 is 23.4 Å². The van der Waals surface area contributed by atoms with E-state index in [4.69, 9.17) is 16.3 Å². The minimum Gasteiger partial charge on any atom is -0.378 e. The number of aromatic nitrogens is 1. The molecule has 0 saturated carbocycles. The lowest BCUT2D eigenvalue weighted by molar-refractivity contribution is -0.139. The standard InChI is InChI=1S/C23H24ClN3O4S/c1-14-11-17(16(3)27(14)19-6-4-5-18(24)15(19)2)12-20-22(29)26(23(30)32-20)13-21(28)25-7-9-31-10-8-25/h4-6,11-12H,7-10,13H2,1-3H3/b20-12+. The molecule has 0 spiro atoms. The maximum Gasteiger partial charge on any atom is 0.294 e. The second-order valence-corrected chi connectivity index (χ2v) is 9.21. The topological polar surface area (TPSA) is 71.8 Å². The van der Waals surface area contributed by atoms with Crippen LogP contribution in [-0.4, -0.2) is 64.3 Å². The Morgan fingerprint density at radius 2 is 1.91 bits per heavy atom. The van der Waals surface area contributed by atoms with E-state index in [0.29, 0.717) is 36.2 Å². The molecule has 2 aromatic rings. The fourth-order valence-corrected chi connectivity index (χ4v) is 4.97. The number of carbonyl (C=O) groups is 3. The van der Waals surface area contributed by atoms with Crippen LogP contribution in [0.2, 0.25) is 5.02 Å². The Balaban J connectivity index is 1.58. The fraction of sp³-hybridized carbons (Fsp3) is 0.348. The number of imide groups is 1. The molecular formula is C23H24ClN3O4S. The second kappa shape index (κ2) is 9.13. The first-order chi connectivity index (χ1) is 15.3. The van der Waals surface area contributed by atoms with E-state index in [1.54, 1.807) is 11.0 Å². The van der Waals surface area contributed by atoms with Crippen LogP contribution in [0.5, 0.6) is 0 Å². The normalized spacial score (nSPS) is 18.2. The Bertz CT molecular complexity index is 1130. The molecule has 0 radical (unpaired) electrons. The van der Waals surface area contributed by atoms with E-state index in [-0.39, 0.29) is 12.5 Å². The van der Waals surface area contributed by atoms with E-state index in [2.05, 4.69) is 4.57 Å². The van der Waals surface area contributed by atoms with Crippen molar-refractivity contribution in [2.24, 2.45) is 0 Å². The van der Waals surface area contributed by atoms with Crippen LogP contribution in [0.15, 0.2) is 29.2 Å². The zero-order valence-electron chi connectivity index (χ0n) is 18.2. The average Bonchev–Trinajstić information content (AvgIpc) is 3.20. The van der Waals surface area contributed by atoms with Gasteiger partial charge in [0.1, 0.15) is 6.54 Å². The number of thioether (sulfide) groups is 1. The molecule has 3 amide bonds. The van der Waals surface area contributed by atoms with Crippen molar-refractivity contribution in [3.05, 3.63) is 56.7 Å². The Labute approximate surface area is 195 Å². The third-order valence-electron chi connectivity index (χ3n) is 5.77. The zero-order chi connectivity index (χ0) is 23.0. The lowest BCUT2D eigenvalue weighted by atomic mass is 10.2. The minimum atomic E-state index is -0.439. The molecule has 2 aliphatic heterocycles. The van der Waals surface area contributed by atoms with E-state index >= 15 is 0 Å². The van der Waals surface area contributed by atoms with Crippen molar-refractivity contribution in [2.75, 3.05) is 32.8 Å². The largest absolute Gasteiger partial charge is 0.378 e. The second-order valence-electron chi connectivity index (χ2n) is 7.81. The molecule has 4 rings (SSSR count). The van der Waals surface area contributed by atoms with Crippen molar-refractivity contribution in [3.8, 4) is 5.69 Å². The lowest BCUT2D eigenvalue weighted by Gasteiger charge is -2.28. The van der Waals surface area contributed by atoms with Crippen molar-refractivity contribution >= 4 is 46.5 Å². The summed E-state index contributed by atoms with van der Waals surface area (Å²) >= 11 is 7.17. The smallest absolute Gasteiger partial charge is 0.294 e. The van der Waals surface area contributed by atoms with Crippen LogP contribution in [0.25, 0.3) is 11.8 Å². The molecule has 32 heavy (non-hydrogen) atoms. The first-order valence-electron chi connectivity index (χ1n) is 10.3. The van der Waals surface area contributed by atoms with Crippen molar-refractivity contribution in [1.29, 1.82) is 0 Å². The van der Waals surface area contributed by atoms with Gasteiger partial charge in [-0.25, -0.2) is 0 Å². The number of nitrogens with zero attached hydrogens (tertiary/aromatic N) is 3. The molecule has 3 heterocycles. The maximum absolute atomic E-state index is 12.9. The summed E-state index contributed by atoms with van der Waals surface area (Å²) in [5.41, 5.74) is 4.69. The van der Waals surface area contributed by atoms with Gasteiger partial charge in [0.25, 0.3) is 11.1 Å². The molecule has 0 bridgehead atoms. The fourth-order valence-electron chi connectivity index (χ4n) is 3.97. The summed E-state index contributed by atoms with van der Waals surface area (Å²) in [7, 11) is 0. The van der Waals surface area contributed by atoms with Crippen LogP contribution in [0.1, 0.15) is 22.5 Å². The van der Waals surface area contributed by atoms with E-state index < -0.39 is 11.1 Å². The molecule has 1 aromatic carbocycles. The van der Waals surface area contributed by atoms with Gasteiger partial charge in [0.05, 0.1) is 18.1 Å². The molecule has 2 saturated heterocycles. The van der Waals surface area contributed by atoms with Crippen molar-refractivity contribution < 1.29 is 19.1 Å². The van der Waals surface area contributed by atoms with Crippen molar-refractivity contribution in [1.82, 2.24) is 14.4 Å². The summed E-state index contributed by atoms with van der Waals surface area (Å²) in [5, 5.41) is 0.255. The quantitative estimate of drug-likeness (QED) is 0.629. The molecule has 1 aromatic heterocycles. The number of amides is 3. The predicted molar refractivity (Wildman–Crippen MR) is 125 cm³/mol. The molecule has 0 N–H and O–H groups in total. The number of hydrogen-bond acceptors (Lipinski definition) is 5. The summed E-state index contributed by atoms with van der Waals surface area (Å²) in [6.45, 7) is 7.54. The van der Waals surface area contributed by atoms with Crippen LogP contribution in [0, 0.1) is 20.8 Å². The van der Waals surface area contributed by atoms with Gasteiger partial charge in [-0.05, 0) is 67.9 Å². The summed E-state index contributed by atoms with van der Waals surface area (Å²) < 4.78 is 7.33. The van der Waals surface area contributed by atoms with Crippen molar-refractivity contribution in [3.63, 3.8) is 0 Å². The monoisotopic (exact) mass is 473 g/mol. The van der Waals surface area contributed by atoms with Gasteiger partial charge in [0.15, 0.2) is 0 Å². The first kappa shape index (κ1) is 22.6. The van der Waals surface area contributed by atoms with Crippen LogP contribution in [0.3, 0.4) is 0 Å². The van der Waals surface area contributed by atoms with Gasteiger partial charge in [-0.2, -0.15) is 0 Å². The number of rotatable bonds is 4. The number of halogens is 1. The number of benzene rings is 1. The number of carbonyl (C=O) groups excluding carboxylic acids is 3. The number of hydrogen-bond donors (Lipinski definition) is 0. The van der Waals surface area contributed by atoms with E-state index in [0.717, 1.165) is 44.9 Å². The third kappa shape index (κ3) is 4.22. The summed E-state index contributed by atoms with van der Waals surface area (Å²) in [6, 6.07) is 7.72. The molecule has 0 unspecified atom stereocenters. The molecule has 2 aliphatic rings. The summed E-state index contributed by atoms with van der Waals surface area (Å²) in [5.74, 6) is -0.684. The lowest BCUT2D eigenvalue weighted by Crippen LogP contribution is -2.46. The molecule has 0 atom stereocenters. The Morgan fingerprint density at radius 1 is 1.19 bits per heavy atom. The molecule has 9 heteroatoms. The summed E-state index contributed by atoms with van der Waals surface area (Å²) in [6.07, 6.45) is 1.73. The number of aryl methyl sites for hydroxylation is 1. The average molecular weight is 474 g/mol. The van der Waals surface area contributed by atoms with Crippen LogP contribution in [0.4, 0.5) is 4.79 Å². The van der Waals surface area contributed by atoms with Gasteiger partial charge in [0.2, 0.25) is 5.91 Å². The van der Waals surface area contributed by atoms with E-state index in [9.17, 15) is 14.4 Å². The highest BCUT2D eigenvalue weighted by atomic mass is 35.5. The first-order valence-corrected chi connectivity index (χ1v) is 11.5. The van der Waals surface area contributed by atoms with Gasteiger partial charge < -0.3 is 14.2 Å². The molecule has 2 fully saturated rings. The Morgan fingerprint density at radius 3 is 2.62 bits per heavy atom. The SMILES string of the molecule is Cc1c(Cl)cccc1-n1c(C)cc(/C=C2/SC(=O)N(CC(=O)N3CCOCC3)C2=O)c1C. The maximum atomic E-state index is 12.9. The third-order valence-corrected chi connectivity index (χ3v) is 7.08. The Kier molecular flexibility index (Phi) is 6.46. The molecular weight excluding hydrogens is 450 g/mol. The number of ether oxygens (including phenoxy) is 1. The van der Waals surface area contributed by atoms with E-state index in [1.165, 1.54) is 0 Å². The minimum absolute atomic E-state index is 0.244. The molecule has 168 valence electrons. The van der Waals surface area contributed by atoms with E-state index in [1.807, 2.05) is 45.0 Å². The molecule has 7 nitrogen and oxygen atoms in total. The highest BCUT2D eigenvalue weighted by Crippen LogP contribution is 2.34. The molecule has 0 aliphatic carbocycles. The highest BCUT2D eigenvalue weighted by molar-refractivity contribution is 8.18. The number of morpholine rings is 1. The van der Waals surface area contributed by atoms with Crippen LogP contribution < -0.4 is 0 Å². The van der Waals surface area contributed by atoms with Gasteiger partial charge in [0, 0.05) is 35.2 Å². The van der Waals surface area contributed by atoms with Gasteiger partial charge >= 0.3 is 0 Å².